The van der Waals surface area contributed by atoms with E-state index in [9.17, 15) is 14.8 Å². The van der Waals surface area contributed by atoms with Crippen LogP contribution in [0, 0.1) is 13.8 Å². The van der Waals surface area contributed by atoms with Gasteiger partial charge in [-0.1, -0.05) is 0 Å². The van der Waals surface area contributed by atoms with Gasteiger partial charge in [-0.3, -0.25) is 4.79 Å². The monoisotopic (exact) mass is 432 g/mol. The highest BCUT2D eigenvalue weighted by atomic mass is 16.5. The Balaban J connectivity index is 1.63. The summed E-state index contributed by atoms with van der Waals surface area (Å²) in [6, 6.07) is 13.3. The molecule has 8 nitrogen and oxygen atoms in total. The second-order valence-corrected chi connectivity index (χ2v) is 7.57. The number of rotatable bonds is 5. The minimum absolute atomic E-state index is 0.130. The minimum atomic E-state index is -1.04. The van der Waals surface area contributed by atoms with E-state index in [0.29, 0.717) is 34.2 Å². The summed E-state index contributed by atoms with van der Waals surface area (Å²) in [6.07, 6.45) is 1.62. The molecule has 0 saturated heterocycles. The van der Waals surface area contributed by atoms with Gasteiger partial charge in [0.25, 0.3) is 5.91 Å². The highest BCUT2D eigenvalue weighted by Gasteiger charge is 2.29. The van der Waals surface area contributed by atoms with Crippen molar-refractivity contribution < 1.29 is 29.8 Å². The van der Waals surface area contributed by atoms with Gasteiger partial charge in [0.2, 0.25) is 0 Å². The molecule has 162 valence electrons. The molecule has 0 unspecified atom stereocenters. The van der Waals surface area contributed by atoms with E-state index in [0.717, 1.165) is 22.2 Å². The Labute approximate surface area is 184 Å². The van der Waals surface area contributed by atoms with Crippen molar-refractivity contribution in [1.82, 2.24) is 0 Å². The normalized spacial score (nSPS) is 14.9. The molecule has 1 aliphatic rings. The molecular weight excluding hydrogens is 410 g/mol. The lowest BCUT2D eigenvalue weighted by atomic mass is 10.0. The van der Waals surface area contributed by atoms with Crippen LogP contribution in [0.5, 0.6) is 0 Å². The van der Waals surface area contributed by atoms with E-state index in [4.69, 9.17) is 9.52 Å². The third-order valence-electron chi connectivity index (χ3n) is 5.41. The first kappa shape index (κ1) is 21.2. The van der Waals surface area contributed by atoms with Gasteiger partial charge < -0.3 is 9.52 Å². The molecule has 0 aliphatic carbocycles. The van der Waals surface area contributed by atoms with Crippen molar-refractivity contribution in [2.24, 2.45) is 5.10 Å². The van der Waals surface area contributed by atoms with Gasteiger partial charge in [0.05, 0.1) is 28.1 Å². The van der Waals surface area contributed by atoms with Crippen molar-refractivity contribution in [3.05, 3.63) is 76.6 Å². The quantitative estimate of drug-likeness (QED) is 0.323. The number of hydrogen-bond acceptors (Lipinski definition) is 5. The second-order valence-electron chi connectivity index (χ2n) is 7.57. The zero-order valence-electron chi connectivity index (χ0n) is 17.8. The number of carbonyl (C=O) groups excluding carboxylic acids is 1. The largest absolute Gasteiger partial charge is 0.478 e. The number of furan rings is 1. The maximum absolute atomic E-state index is 12.9. The van der Waals surface area contributed by atoms with Crippen LogP contribution in [0.1, 0.15) is 34.2 Å². The second kappa shape index (κ2) is 8.26. The van der Waals surface area contributed by atoms with E-state index in [2.05, 4.69) is 5.10 Å². The number of carboxylic acids is 1. The van der Waals surface area contributed by atoms with Gasteiger partial charge >= 0.3 is 5.97 Å². The van der Waals surface area contributed by atoms with Gasteiger partial charge in [-0.05, 0) is 80.4 Å². The summed E-state index contributed by atoms with van der Waals surface area (Å²) in [6.45, 7) is 5.68. The molecule has 4 rings (SSSR count). The number of nitrogens with two attached hydrogens (primary N) is 1. The van der Waals surface area contributed by atoms with Crippen LogP contribution in [0.25, 0.3) is 17.4 Å². The van der Waals surface area contributed by atoms with Crippen LogP contribution in [0.15, 0.2) is 63.6 Å². The first-order valence-corrected chi connectivity index (χ1v) is 9.92. The van der Waals surface area contributed by atoms with Gasteiger partial charge in [0, 0.05) is 6.07 Å². The van der Waals surface area contributed by atoms with Crippen molar-refractivity contribution in [2.45, 2.75) is 20.8 Å². The van der Waals surface area contributed by atoms with E-state index < -0.39 is 5.97 Å². The van der Waals surface area contributed by atoms with Crippen LogP contribution in [-0.4, -0.2) is 27.9 Å². The smallest absolute Gasteiger partial charge is 0.335 e. The maximum atomic E-state index is 12.9. The molecule has 1 aromatic heterocycles. The van der Waals surface area contributed by atoms with Crippen LogP contribution in [0.2, 0.25) is 0 Å². The van der Waals surface area contributed by atoms with Gasteiger partial charge in [-0.25, -0.2) is 10.0 Å². The van der Waals surface area contributed by atoms with Gasteiger partial charge in [-0.15, -0.1) is 0 Å². The molecule has 0 spiro atoms. The lowest BCUT2D eigenvalue weighted by Crippen LogP contribution is -2.74. The lowest BCUT2D eigenvalue weighted by Gasteiger charge is -2.11. The van der Waals surface area contributed by atoms with Gasteiger partial charge in [-0.2, -0.15) is 15.6 Å². The fourth-order valence-electron chi connectivity index (χ4n) is 3.48. The number of nitrogens with zero attached hydrogens (tertiary/aromatic N) is 2. The molecule has 3 aromatic rings. The molecule has 4 N–H and O–H groups in total. The summed E-state index contributed by atoms with van der Waals surface area (Å²) >= 11 is 0. The SMILES string of the molecule is CC1=NN(c2ccc(C(=O)O)cc2)C(=O)/C1=C/c1ccc(-c2cc(C)c(C)cc2[NH2+]O)o1. The van der Waals surface area contributed by atoms with E-state index in [1.54, 1.807) is 37.3 Å². The highest BCUT2D eigenvalue weighted by Crippen LogP contribution is 2.31. The highest BCUT2D eigenvalue weighted by molar-refractivity contribution is 6.32. The molecule has 1 aliphatic heterocycles. The summed E-state index contributed by atoms with van der Waals surface area (Å²) in [5, 5.41) is 24.2. The third kappa shape index (κ3) is 3.84. The summed E-state index contributed by atoms with van der Waals surface area (Å²) in [4.78, 5) is 24.0. The van der Waals surface area contributed by atoms with E-state index >= 15 is 0 Å². The summed E-state index contributed by atoms with van der Waals surface area (Å²) < 4.78 is 5.95. The number of carboxylic acid groups (broad SMARTS) is 1. The number of aryl methyl sites for hydroxylation is 2. The van der Waals surface area contributed by atoms with Crippen LogP contribution in [0.4, 0.5) is 11.4 Å². The number of amides is 1. The van der Waals surface area contributed by atoms with Crippen LogP contribution < -0.4 is 10.5 Å². The first-order valence-electron chi connectivity index (χ1n) is 9.92. The Morgan fingerprint density at radius 3 is 2.41 bits per heavy atom. The van der Waals surface area contributed by atoms with Crippen molar-refractivity contribution in [2.75, 3.05) is 5.01 Å². The molecule has 0 fully saturated rings. The fourth-order valence-corrected chi connectivity index (χ4v) is 3.48. The topological polar surface area (TPSA) is 120 Å². The lowest BCUT2D eigenvalue weighted by molar-refractivity contribution is -0.825. The van der Waals surface area contributed by atoms with Gasteiger partial charge in [0.15, 0.2) is 5.69 Å². The summed E-state index contributed by atoms with van der Waals surface area (Å²) in [5.74, 6) is -0.326. The zero-order chi connectivity index (χ0) is 23.0. The van der Waals surface area contributed by atoms with Crippen molar-refractivity contribution in [3.63, 3.8) is 0 Å². The van der Waals surface area contributed by atoms with Gasteiger partial charge in [0.1, 0.15) is 11.5 Å². The number of anilines is 1. The van der Waals surface area contributed by atoms with E-state index in [1.807, 2.05) is 26.0 Å². The Kier molecular flexibility index (Phi) is 5.48. The third-order valence-corrected chi connectivity index (χ3v) is 5.41. The van der Waals surface area contributed by atoms with Crippen LogP contribution >= 0.6 is 0 Å². The minimum Gasteiger partial charge on any atom is -0.478 e. The molecular formula is C24H22N3O5+. The number of quaternary nitrogens is 1. The standard InChI is InChI=1S/C24H21N3O5/c1-13-10-20(21(26-31)11-14(13)2)22-9-8-18(32-22)12-19-15(3)25-27(23(19)28)17-6-4-16(5-7-17)24(29)30/h4-12,26,31H,1-3H3,(H,29,30)/p+1/b19-12+. The molecule has 0 atom stereocenters. The van der Waals surface area contributed by atoms with Crippen molar-refractivity contribution in [3.8, 4) is 11.3 Å². The molecule has 0 saturated carbocycles. The van der Waals surface area contributed by atoms with Crippen LogP contribution in [-0.2, 0) is 4.79 Å². The van der Waals surface area contributed by atoms with E-state index in [-0.39, 0.29) is 11.5 Å². The van der Waals surface area contributed by atoms with E-state index in [1.165, 1.54) is 17.1 Å². The summed E-state index contributed by atoms with van der Waals surface area (Å²) in [7, 11) is 0. The predicted molar refractivity (Wildman–Crippen MR) is 119 cm³/mol. The molecule has 1 amide bonds. The number of hydrazone groups is 1. The number of aromatic carboxylic acids is 1. The Hall–Kier alpha value is -4.01. The summed E-state index contributed by atoms with van der Waals surface area (Å²) in [5.41, 5.74) is 6.08. The van der Waals surface area contributed by atoms with Crippen molar-refractivity contribution >= 4 is 35.0 Å². The zero-order valence-corrected chi connectivity index (χ0v) is 17.8. The Bertz CT molecular complexity index is 1290. The van der Waals surface area contributed by atoms with Crippen LogP contribution in [0.3, 0.4) is 0 Å². The number of benzene rings is 2. The predicted octanol–water partition coefficient (Wildman–Crippen LogP) is 3.65. The molecule has 2 heterocycles. The molecule has 0 radical (unpaired) electrons. The number of carbonyl (C=O) groups is 2. The average Bonchev–Trinajstić information content (AvgIpc) is 3.35. The van der Waals surface area contributed by atoms with Crippen molar-refractivity contribution in [1.29, 1.82) is 0 Å². The maximum Gasteiger partial charge on any atom is 0.335 e. The average molecular weight is 432 g/mol. The Morgan fingerprint density at radius 2 is 1.75 bits per heavy atom. The first-order chi connectivity index (χ1) is 15.3. The Morgan fingerprint density at radius 1 is 1.06 bits per heavy atom. The molecule has 0 bridgehead atoms. The fraction of sp³-hybridized carbons (Fsp3) is 0.125. The molecule has 8 heteroatoms. The number of hydrogen-bond donors (Lipinski definition) is 3. The molecule has 32 heavy (non-hydrogen) atoms. The molecule has 2 aromatic carbocycles.